The normalized spacial score (nSPS) is 12.5. The van der Waals surface area contributed by atoms with E-state index in [2.05, 4.69) is 41.5 Å². The zero-order valence-corrected chi connectivity index (χ0v) is 51.1. The number of ether oxygens (including phenoxy) is 3. The molecule has 0 N–H and O–H groups in total. The molecule has 0 aliphatic rings. The van der Waals surface area contributed by atoms with Gasteiger partial charge >= 0.3 is 17.9 Å². The molecule has 0 fully saturated rings. The maximum absolute atomic E-state index is 12.9. The van der Waals surface area contributed by atoms with Gasteiger partial charge in [0.25, 0.3) is 0 Å². The lowest BCUT2D eigenvalue weighted by molar-refractivity contribution is -0.167. The average molecular weight is 1050 g/mol. The van der Waals surface area contributed by atoms with E-state index in [9.17, 15) is 14.4 Å². The van der Waals surface area contributed by atoms with E-state index in [1.165, 1.54) is 263 Å². The first-order valence-corrected chi connectivity index (χ1v) is 33.6. The fourth-order valence-corrected chi connectivity index (χ4v) is 10.6. The molecular weight excluding hydrogens is 913 g/mol. The molecule has 0 radical (unpaired) electrons. The molecule has 0 aliphatic carbocycles. The summed E-state index contributed by atoms with van der Waals surface area (Å²) in [4.78, 5) is 38.4. The number of unbranched alkanes of at least 4 members (excludes halogenated alkanes) is 43. The summed E-state index contributed by atoms with van der Waals surface area (Å²) < 4.78 is 17.0. The predicted octanol–water partition coefficient (Wildman–Crippen LogP) is 22.6. The van der Waals surface area contributed by atoms with Crippen LogP contribution in [0.4, 0.5) is 0 Å². The average Bonchev–Trinajstić information content (AvgIpc) is 3.38. The highest BCUT2D eigenvalue weighted by Crippen LogP contribution is 2.20. The van der Waals surface area contributed by atoms with Crippen LogP contribution in [-0.2, 0) is 28.6 Å². The van der Waals surface area contributed by atoms with Crippen LogP contribution in [0.5, 0.6) is 0 Å². The monoisotopic (exact) mass is 1050 g/mol. The molecule has 0 aliphatic heterocycles. The van der Waals surface area contributed by atoms with E-state index in [1.807, 2.05) is 0 Å². The minimum Gasteiger partial charge on any atom is -0.462 e. The Labute approximate surface area is 463 Å². The zero-order valence-electron chi connectivity index (χ0n) is 51.1. The van der Waals surface area contributed by atoms with Crippen molar-refractivity contribution < 1.29 is 28.6 Å². The molecule has 0 spiro atoms. The summed E-state index contributed by atoms with van der Waals surface area (Å²) in [6.45, 7) is 13.9. The molecule has 74 heavy (non-hydrogen) atoms. The molecule has 0 aromatic carbocycles. The topological polar surface area (TPSA) is 78.9 Å². The van der Waals surface area contributed by atoms with Crippen molar-refractivity contribution in [2.75, 3.05) is 13.2 Å². The Bertz CT molecular complexity index is 1150. The van der Waals surface area contributed by atoms with E-state index in [0.29, 0.717) is 19.3 Å². The van der Waals surface area contributed by atoms with Gasteiger partial charge in [0.1, 0.15) is 13.2 Å². The summed E-state index contributed by atoms with van der Waals surface area (Å²) in [5.74, 6) is 1.75. The Hall–Kier alpha value is -1.59. The first-order valence-electron chi connectivity index (χ1n) is 33.6. The third-order valence-electron chi connectivity index (χ3n) is 16.0. The molecule has 2 atom stereocenters. The lowest BCUT2D eigenvalue weighted by Crippen LogP contribution is -2.30. The Morgan fingerprint density at radius 1 is 0.270 bits per heavy atom. The summed E-state index contributed by atoms with van der Waals surface area (Å²) in [7, 11) is 0. The summed E-state index contributed by atoms with van der Waals surface area (Å²) in [6, 6.07) is 0. The Morgan fingerprint density at radius 3 is 0.703 bits per heavy atom. The van der Waals surface area contributed by atoms with Crippen molar-refractivity contribution in [1.82, 2.24) is 0 Å². The van der Waals surface area contributed by atoms with E-state index < -0.39 is 6.10 Å². The number of carbonyl (C=O) groups excluding carboxylic acids is 3. The number of carbonyl (C=O) groups is 3. The summed E-state index contributed by atoms with van der Waals surface area (Å²) in [6.07, 6.45) is 65.4. The second-order valence-electron chi connectivity index (χ2n) is 24.7. The minimum absolute atomic E-state index is 0.0623. The van der Waals surface area contributed by atoms with Crippen molar-refractivity contribution in [2.45, 2.75) is 388 Å². The predicted molar refractivity (Wildman–Crippen MR) is 321 cm³/mol. The van der Waals surface area contributed by atoms with Crippen molar-refractivity contribution in [3.8, 4) is 0 Å². The Morgan fingerprint density at radius 2 is 0.473 bits per heavy atom. The zero-order chi connectivity index (χ0) is 54.1. The number of rotatable bonds is 61. The molecular formula is C68H132O6. The second kappa shape index (κ2) is 59.1. The van der Waals surface area contributed by atoms with Gasteiger partial charge in [0.2, 0.25) is 0 Å². The van der Waals surface area contributed by atoms with Gasteiger partial charge in [-0.05, 0) is 37.0 Å². The molecule has 0 aromatic rings. The maximum atomic E-state index is 12.9. The van der Waals surface area contributed by atoms with Crippen LogP contribution in [0.2, 0.25) is 0 Å². The standard InChI is InChI=1S/C68H132O6/c1-7-64(6)56-50-44-38-32-28-29-34-40-46-52-58-67(70)73-61-65(74-68(71)59-53-47-41-35-27-23-19-15-11-9-13-17-21-25-31-37-43-49-55-63(4)5)60-72-66(69)57-51-45-39-33-26-22-18-14-10-8-12-16-20-24-30-36-42-48-54-62(2)3/h62-65H,7-61H2,1-6H3/t64?,65-/m0/s1. The fraction of sp³-hybridized carbons (Fsp3) is 0.956. The van der Waals surface area contributed by atoms with E-state index in [4.69, 9.17) is 14.2 Å². The summed E-state index contributed by atoms with van der Waals surface area (Å²) >= 11 is 0. The van der Waals surface area contributed by atoms with Gasteiger partial charge in [-0.25, -0.2) is 0 Å². The molecule has 0 amide bonds. The molecule has 0 saturated heterocycles. The molecule has 0 rings (SSSR count). The van der Waals surface area contributed by atoms with Crippen LogP contribution >= 0.6 is 0 Å². The van der Waals surface area contributed by atoms with E-state index in [0.717, 1.165) is 75.5 Å². The lowest BCUT2D eigenvalue weighted by atomic mass is 9.99. The molecule has 440 valence electrons. The highest BCUT2D eigenvalue weighted by atomic mass is 16.6. The first-order chi connectivity index (χ1) is 36.1. The second-order valence-corrected chi connectivity index (χ2v) is 24.7. The smallest absolute Gasteiger partial charge is 0.306 e. The van der Waals surface area contributed by atoms with Crippen LogP contribution in [-0.4, -0.2) is 37.2 Å². The first kappa shape index (κ1) is 72.4. The molecule has 6 heteroatoms. The van der Waals surface area contributed by atoms with Crippen molar-refractivity contribution in [1.29, 1.82) is 0 Å². The highest BCUT2D eigenvalue weighted by Gasteiger charge is 2.20. The molecule has 1 unspecified atom stereocenters. The van der Waals surface area contributed by atoms with E-state index in [-0.39, 0.29) is 31.1 Å². The number of hydrogen-bond acceptors (Lipinski definition) is 6. The number of esters is 3. The molecule has 0 saturated carbocycles. The SMILES string of the molecule is CCC(C)CCCCCCCCCCCCC(=O)OC[C@H](COC(=O)CCCCCCCCCCCCCCCCCCCCC(C)C)OC(=O)CCCCCCCCCCCCCCCCCCCCC(C)C. The van der Waals surface area contributed by atoms with Crippen LogP contribution in [0.3, 0.4) is 0 Å². The fourth-order valence-electron chi connectivity index (χ4n) is 10.6. The van der Waals surface area contributed by atoms with Crippen LogP contribution in [0, 0.1) is 17.8 Å². The van der Waals surface area contributed by atoms with Gasteiger partial charge in [-0.15, -0.1) is 0 Å². The highest BCUT2D eigenvalue weighted by molar-refractivity contribution is 5.71. The van der Waals surface area contributed by atoms with E-state index >= 15 is 0 Å². The van der Waals surface area contributed by atoms with Crippen molar-refractivity contribution in [2.24, 2.45) is 17.8 Å². The van der Waals surface area contributed by atoms with Gasteiger partial charge < -0.3 is 14.2 Å². The van der Waals surface area contributed by atoms with Gasteiger partial charge in [-0.2, -0.15) is 0 Å². The van der Waals surface area contributed by atoms with Crippen LogP contribution in [0.25, 0.3) is 0 Å². The molecule has 0 aromatic heterocycles. The molecule has 6 nitrogen and oxygen atoms in total. The third kappa shape index (κ3) is 59.7. The molecule has 0 bridgehead atoms. The van der Waals surface area contributed by atoms with Crippen molar-refractivity contribution in [3.05, 3.63) is 0 Å². The lowest BCUT2D eigenvalue weighted by Gasteiger charge is -2.18. The van der Waals surface area contributed by atoms with E-state index in [1.54, 1.807) is 0 Å². The van der Waals surface area contributed by atoms with Crippen LogP contribution in [0.1, 0.15) is 382 Å². The van der Waals surface area contributed by atoms with Gasteiger partial charge in [-0.3, -0.25) is 14.4 Å². The maximum Gasteiger partial charge on any atom is 0.306 e. The summed E-state index contributed by atoms with van der Waals surface area (Å²) in [5, 5.41) is 0. The van der Waals surface area contributed by atoms with Gasteiger partial charge in [0, 0.05) is 19.3 Å². The van der Waals surface area contributed by atoms with Crippen molar-refractivity contribution in [3.63, 3.8) is 0 Å². The van der Waals surface area contributed by atoms with Crippen molar-refractivity contribution >= 4 is 17.9 Å². The Kier molecular flexibility index (Phi) is 57.8. The largest absolute Gasteiger partial charge is 0.462 e. The third-order valence-corrected chi connectivity index (χ3v) is 16.0. The van der Waals surface area contributed by atoms with Gasteiger partial charge in [-0.1, -0.05) is 343 Å². The number of hydrogen-bond donors (Lipinski definition) is 0. The van der Waals surface area contributed by atoms with Gasteiger partial charge in [0.05, 0.1) is 0 Å². The quantitative estimate of drug-likeness (QED) is 0.0343. The Balaban J connectivity index is 4.26. The van der Waals surface area contributed by atoms with Crippen LogP contribution < -0.4 is 0 Å². The summed E-state index contributed by atoms with van der Waals surface area (Å²) in [5.41, 5.74) is 0. The van der Waals surface area contributed by atoms with Crippen LogP contribution in [0.15, 0.2) is 0 Å². The molecule has 0 heterocycles. The minimum atomic E-state index is -0.765. The van der Waals surface area contributed by atoms with Gasteiger partial charge in [0.15, 0.2) is 6.10 Å².